The summed E-state index contributed by atoms with van der Waals surface area (Å²) in [4.78, 5) is 28.1. The Kier molecular flexibility index (Phi) is 5.41. The summed E-state index contributed by atoms with van der Waals surface area (Å²) in [6.07, 6.45) is 1.45. The van der Waals surface area contributed by atoms with Crippen molar-refractivity contribution in [3.05, 3.63) is 29.3 Å². The van der Waals surface area contributed by atoms with Gasteiger partial charge >= 0.3 is 0 Å². The highest BCUT2D eigenvalue weighted by Gasteiger charge is 2.24. The fourth-order valence-electron chi connectivity index (χ4n) is 2.72. The molecule has 2 rings (SSSR count). The van der Waals surface area contributed by atoms with Crippen molar-refractivity contribution in [2.45, 2.75) is 26.7 Å². The molecule has 0 saturated carbocycles. The van der Waals surface area contributed by atoms with E-state index in [9.17, 15) is 9.59 Å². The van der Waals surface area contributed by atoms with Crippen LogP contribution in [0.5, 0.6) is 5.75 Å². The van der Waals surface area contributed by atoms with Gasteiger partial charge in [-0.1, -0.05) is 6.92 Å². The van der Waals surface area contributed by atoms with Gasteiger partial charge in [-0.15, -0.1) is 0 Å². The molecular formula is C17H24N2O3. The molecule has 5 nitrogen and oxygen atoms in total. The number of amides is 2. The smallest absolute Gasteiger partial charge is 0.253 e. The molecule has 1 aliphatic rings. The quantitative estimate of drug-likeness (QED) is 0.856. The predicted octanol–water partition coefficient (Wildman–Crippen LogP) is 2.09. The molecule has 0 N–H and O–H groups in total. The summed E-state index contributed by atoms with van der Waals surface area (Å²) in [6, 6.07) is 5.47. The van der Waals surface area contributed by atoms with Gasteiger partial charge in [-0.3, -0.25) is 9.59 Å². The number of hydrogen-bond acceptors (Lipinski definition) is 3. The molecule has 0 unspecified atom stereocenters. The first-order valence-electron chi connectivity index (χ1n) is 7.78. The molecule has 120 valence electrons. The van der Waals surface area contributed by atoms with E-state index < -0.39 is 0 Å². The lowest BCUT2D eigenvalue weighted by Crippen LogP contribution is -2.50. The largest absolute Gasteiger partial charge is 0.496 e. The minimum absolute atomic E-state index is 0.0216. The Morgan fingerprint density at radius 1 is 1.14 bits per heavy atom. The topological polar surface area (TPSA) is 49.9 Å². The number of methoxy groups -OCH3 is 1. The van der Waals surface area contributed by atoms with Crippen LogP contribution < -0.4 is 4.74 Å². The molecule has 0 spiro atoms. The lowest BCUT2D eigenvalue weighted by molar-refractivity contribution is -0.132. The Hall–Kier alpha value is -2.04. The van der Waals surface area contributed by atoms with E-state index in [4.69, 9.17) is 4.74 Å². The summed E-state index contributed by atoms with van der Waals surface area (Å²) in [5, 5.41) is 0. The van der Waals surface area contributed by atoms with Gasteiger partial charge in [-0.05, 0) is 37.1 Å². The molecule has 0 bridgehead atoms. The SMILES string of the molecule is CCCC(=O)N1CCN(C(=O)c2ccc(OC)c(C)c2)CC1. The first-order chi connectivity index (χ1) is 10.6. The molecule has 2 amide bonds. The maximum atomic E-state index is 12.5. The van der Waals surface area contributed by atoms with Gasteiger partial charge in [0.2, 0.25) is 5.91 Å². The Bertz CT molecular complexity index is 549. The molecule has 1 aromatic carbocycles. The second kappa shape index (κ2) is 7.29. The van der Waals surface area contributed by atoms with Crippen LogP contribution in [-0.2, 0) is 4.79 Å². The van der Waals surface area contributed by atoms with Crippen molar-refractivity contribution >= 4 is 11.8 Å². The van der Waals surface area contributed by atoms with Gasteiger partial charge in [0.05, 0.1) is 7.11 Å². The lowest BCUT2D eigenvalue weighted by Gasteiger charge is -2.35. The third-order valence-electron chi connectivity index (χ3n) is 4.03. The first kappa shape index (κ1) is 16.3. The molecule has 1 aromatic rings. The Labute approximate surface area is 131 Å². The van der Waals surface area contributed by atoms with Crippen LogP contribution in [0, 0.1) is 6.92 Å². The van der Waals surface area contributed by atoms with Gasteiger partial charge in [0, 0.05) is 38.2 Å². The molecule has 22 heavy (non-hydrogen) atoms. The van der Waals surface area contributed by atoms with E-state index in [1.807, 2.05) is 35.8 Å². The van der Waals surface area contributed by atoms with Crippen LogP contribution in [-0.4, -0.2) is 54.9 Å². The summed E-state index contributed by atoms with van der Waals surface area (Å²) in [7, 11) is 1.62. The fraction of sp³-hybridized carbons (Fsp3) is 0.529. The van der Waals surface area contributed by atoms with E-state index in [1.54, 1.807) is 13.2 Å². The highest BCUT2D eigenvalue weighted by atomic mass is 16.5. The van der Waals surface area contributed by atoms with E-state index in [0.29, 0.717) is 38.2 Å². The highest BCUT2D eigenvalue weighted by molar-refractivity contribution is 5.94. The fourth-order valence-corrected chi connectivity index (χ4v) is 2.72. The van der Waals surface area contributed by atoms with Crippen molar-refractivity contribution in [2.75, 3.05) is 33.3 Å². The van der Waals surface area contributed by atoms with E-state index in [2.05, 4.69) is 0 Å². The molecule has 0 atom stereocenters. The second-order valence-electron chi connectivity index (χ2n) is 5.61. The van der Waals surface area contributed by atoms with Crippen molar-refractivity contribution in [1.29, 1.82) is 0 Å². The first-order valence-corrected chi connectivity index (χ1v) is 7.78. The van der Waals surface area contributed by atoms with E-state index in [1.165, 1.54) is 0 Å². The summed E-state index contributed by atoms with van der Waals surface area (Å²) < 4.78 is 5.22. The van der Waals surface area contributed by atoms with Gasteiger partial charge in [0.1, 0.15) is 5.75 Å². The minimum atomic E-state index is 0.0216. The minimum Gasteiger partial charge on any atom is -0.496 e. The number of piperazine rings is 1. The van der Waals surface area contributed by atoms with Crippen LogP contribution in [0.15, 0.2) is 18.2 Å². The van der Waals surface area contributed by atoms with Crippen LogP contribution in [0.1, 0.15) is 35.7 Å². The number of rotatable bonds is 4. The zero-order valence-electron chi connectivity index (χ0n) is 13.6. The Morgan fingerprint density at radius 3 is 2.32 bits per heavy atom. The van der Waals surface area contributed by atoms with Gasteiger partial charge in [0.15, 0.2) is 0 Å². The summed E-state index contributed by atoms with van der Waals surface area (Å²) in [5.41, 5.74) is 1.62. The van der Waals surface area contributed by atoms with Crippen LogP contribution >= 0.6 is 0 Å². The molecule has 1 aliphatic heterocycles. The maximum absolute atomic E-state index is 12.5. The normalized spacial score (nSPS) is 14.9. The molecule has 0 aromatic heterocycles. The van der Waals surface area contributed by atoms with Crippen molar-refractivity contribution in [3.8, 4) is 5.75 Å². The number of nitrogens with zero attached hydrogens (tertiary/aromatic N) is 2. The summed E-state index contributed by atoms with van der Waals surface area (Å²) in [6.45, 7) is 6.37. The third-order valence-corrected chi connectivity index (χ3v) is 4.03. The number of carbonyl (C=O) groups is 2. The standard InChI is InChI=1S/C17H24N2O3/c1-4-5-16(20)18-8-10-19(11-9-18)17(21)14-6-7-15(22-3)13(2)12-14/h6-7,12H,4-5,8-11H2,1-3H3. The number of aryl methyl sites for hydroxylation is 1. The average Bonchev–Trinajstić information content (AvgIpc) is 2.54. The van der Waals surface area contributed by atoms with E-state index >= 15 is 0 Å². The number of ether oxygens (including phenoxy) is 1. The molecule has 5 heteroatoms. The predicted molar refractivity (Wildman–Crippen MR) is 85.1 cm³/mol. The van der Waals surface area contributed by atoms with E-state index in [0.717, 1.165) is 17.7 Å². The average molecular weight is 304 g/mol. The molecule has 1 heterocycles. The number of carbonyl (C=O) groups excluding carboxylic acids is 2. The van der Waals surface area contributed by atoms with Gasteiger partial charge in [0.25, 0.3) is 5.91 Å². The van der Waals surface area contributed by atoms with Crippen LogP contribution in [0.3, 0.4) is 0 Å². The Morgan fingerprint density at radius 2 is 1.77 bits per heavy atom. The monoisotopic (exact) mass is 304 g/mol. The summed E-state index contributed by atoms with van der Waals surface area (Å²) in [5.74, 6) is 0.995. The Balaban J connectivity index is 1.98. The highest BCUT2D eigenvalue weighted by Crippen LogP contribution is 2.20. The van der Waals surface area contributed by atoms with Crippen molar-refractivity contribution in [2.24, 2.45) is 0 Å². The lowest BCUT2D eigenvalue weighted by atomic mass is 10.1. The third kappa shape index (κ3) is 3.59. The van der Waals surface area contributed by atoms with Crippen molar-refractivity contribution in [3.63, 3.8) is 0 Å². The van der Waals surface area contributed by atoms with Crippen LogP contribution in [0.4, 0.5) is 0 Å². The van der Waals surface area contributed by atoms with Gasteiger partial charge in [-0.2, -0.15) is 0 Å². The van der Waals surface area contributed by atoms with E-state index in [-0.39, 0.29) is 11.8 Å². The van der Waals surface area contributed by atoms with Gasteiger partial charge < -0.3 is 14.5 Å². The molecular weight excluding hydrogens is 280 g/mol. The van der Waals surface area contributed by atoms with Crippen LogP contribution in [0.25, 0.3) is 0 Å². The van der Waals surface area contributed by atoms with Crippen molar-refractivity contribution in [1.82, 2.24) is 9.80 Å². The number of hydrogen-bond donors (Lipinski definition) is 0. The van der Waals surface area contributed by atoms with Crippen molar-refractivity contribution < 1.29 is 14.3 Å². The zero-order chi connectivity index (χ0) is 16.1. The molecule has 0 radical (unpaired) electrons. The molecule has 0 aliphatic carbocycles. The maximum Gasteiger partial charge on any atom is 0.253 e. The zero-order valence-corrected chi connectivity index (χ0v) is 13.6. The molecule has 1 fully saturated rings. The summed E-state index contributed by atoms with van der Waals surface area (Å²) >= 11 is 0. The van der Waals surface area contributed by atoms with Crippen LogP contribution in [0.2, 0.25) is 0 Å². The number of benzene rings is 1. The second-order valence-corrected chi connectivity index (χ2v) is 5.61. The van der Waals surface area contributed by atoms with Gasteiger partial charge in [-0.25, -0.2) is 0 Å². The molecule has 1 saturated heterocycles.